The number of carbonyl (C=O) groups excluding carboxylic acids is 1. The maximum absolute atomic E-state index is 12.4. The van der Waals surface area contributed by atoms with Crippen LogP contribution in [0.2, 0.25) is 0 Å². The van der Waals surface area contributed by atoms with Crippen molar-refractivity contribution >= 4 is 27.3 Å². The van der Waals surface area contributed by atoms with Crippen molar-refractivity contribution < 1.29 is 13.2 Å². The zero-order chi connectivity index (χ0) is 15.5. The van der Waals surface area contributed by atoms with Gasteiger partial charge in [0.2, 0.25) is 15.9 Å². The van der Waals surface area contributed by atoms with Gasteiger partial charge in [-0.2, -0.15) is 0 Å². The van der Waals surface area contributed by atoms with Crippen LogP contribution in [-0.2, 0) is 21.4 Å². The van der Waals surface area contributed by atoms with Crippen molar-refractivity contribution in [1.29, 1.82) is 0 Å². The maximum Gasteiger partial charge on any atom is 0.224 e. The van der Waals surface area contributed by atoms with Gasteiger partial charge in [-0.25, -0.2) is 12.7 Å². The number of carbonyl (C=O) groups is 1. The van der Waals surface area contributed by atoms with Crippen molar-refractivity contribution in [2.24, 2.45) is 0 Å². The van der Waals surface area contributed by atoms with Gasteiger partial charge in [0.1, 0.15) is 0 Å². The molecule has 1 aliphatic rings. The van der Waals surface area contributed by atoms with Crippen molar-refractivity contribution in [2.75, 3.05) is 18.8 Å². The fraction of sp³-hybridized carbons (Fsp3) is 0.643. The Morgan fingerprint density at radius 1 is 1.48 bits per heavy atom. The smallest absolute Gasteiger partial charge is 0.224 e. The number of rotatable bonds is 6. The third-order valence-electron chi connectivity index (χ3n) is 3.63. The minimum atomic E-state index is -3.11. The molecule has 0 aromatic carbocycles. The van der Waals surface area contributed by atoms with E-state index >= 15 is 0 Å². The lowest BCUT2D eigenvalue weighted by Crippen LogP contribution is -2.38. The molecule has 0 radical (unpaired) electrons. The molecule has 2 heterocycles. The van der Waals surface area contributed by atoms with Gasteiger partial charge >= 0.3 is 0 Å². The highest BCUT2D eigenvalue weighted by Gasteiger charge is 2.29. The molecule has 0 bridgehead atoms. The number of thiophene rings is 1. The molecular formula is C14H22N2O3S2. The zero-order valence-electron chi connectivity index (χ0n) is 12.5. The predicted octanol–water partition coefficient (Wildman–Crippen LogP) is 1.91. The van der Waals surface area contributed by atoms with Gasteiger partial charge in [0.05, 0.1) is 12.3 Å². The maximum atomic E-state index is 12.4. The molecule has 1 aromatic rings. The Morgan fingerprint density at radius 3 is 2.76 bits per heavy atom. The van der Waals surface area contributed by atoms with Gasteiger partial charge in [-0.05, 0) is 31.7 Å². The van der Waals surface area contributed by atoms with Crippen LogP contribution in [-0.4, -0.2) is 48.4 Å². The second kappa shape index (κ2) is 6.89. The average Bonchev–Trinajstić information content (AvgIpc) is 3.02. The Labute approximate surface area is 130 Å². The van der Waals surface area contributed by atoms with E-state index in [0.29, 0.717) is 26.1 Å². The Morgan fingerprint density at radius 2 is 2.24 bits per heavy atom. The molecule has 0 saturated carbocycles. The van der Waals surface area contributed by atoms with Gasteiger partial charge in [-0.15, -0.1) is 11.3 Å². The van der Waals surface area contributed by atoms with Gasteiger partial charge in [-0.3, -0.25) is 4.79 Å². The van der Waals surface area contributed by atoms with Crippen molar-refractivity contribution in [3.63, 3.8) is 0 Å². The molecule has 1 aromatic heterocycles. The van der Waals surface area contributed by atoms with Crippen LogP contribution >= 0.6 is 11.3 Å². The zero-order valence-corrected chi connectivity index (χ0v) is 14.1. The van der Waals surface area contributed by atoms with Gasteiger partial charge in [-0.1, -0.05) is 6.07 Å². The largest absolute Gasteiger partial charge is 0.335 e. The quantitative estimate of drug-likeness (QED) is 0.800. The number of hydrogen-bond acceptors (Lipinski definition) is 4. The van der Waals surface area contributed by atoms with Crippen LogP contribution in [0.4, 0.5) is 0 Å². The highest BCUT2D eigenvalue weighted by molar-refractivity contribution is 7.89. The fourth-order valence-corrected chi connectivity index (χ4v) is 4.67. The molecule has 2 rings (SSSR count). The van der Waals surface area contributed by atoms with Crippen molar-refractivity contribution in [3.8, 4) is 0 Å². The van der Waals surface area contributed by atoms with E-state index in [-0.39, 0.29) is 24.1 Å². The first-order chi connectivity index (χ1) is 9.90. The van der Waals surface area contributed by atoms with Crippen LogP contribution in [0.1, 0.15) is 31.6 Å². The molecule has 1 aliphatic heterocycles. The highest BCUT2D eigenvalue weighted by Crippen LogP contribution is 2.17. The second-order valence-corrected chi connectivity index (χ2v) is 8.63. The number of amides is 1. The summed E-state index contributed by atoms with van der Waals surface area (Å²) < 4.78 is 24.9. The second-order valence-electron chi connectivity index (χ2n) is 5.51. The summed E-state index contributed by atoms with van der Waals surface area (Å²) in [4.78, 5) is 15.3. The molecule has 0 spiro atoms. The summed E-state index contributed by atoms with van der Waals surface area (Å²) in [5.41, 5.74) is 0. The first-order valence-corrected chi connectivity index (χ1v) is 9.68. The van der Waals surface area contributed by atoms with Crippen LogP contribution in [0.25, 0.3) is 0 Å². The number of nitrogens with zero attached hydrogens (tertiary/aromatic N) is 2. The van der Waals surface area contributed by atoms with E-state index in [1.807, 2.05) is 36.3 Å². The lowest BCUT2D eigenvalue weighted by atomic mass is 10.2. The monoisotopic (exact) mass is 330 g/mol. The molecule has 118 valence electrons. The average molecular weight is 330 g/mol. The fourth-order valence-electron chi connectivity index (χ4n) is 2.44. The molecule has 0 N–H and O–H groups in total. The molecule has 1 amide bonds. The summed E-state index contributed by atoms with van der Waals surface area (Å²) >= 11 is 1.63. The summed E-state index contributed by atoms with van der Waals surface area (Å²) in [6, 6.07) is 4.09. The standard InChI is InChI=1S/C14H22N2O3S2/c1-12(2)16(11-13-5-3-9-20-13)14(17)6-8-15-7-4-10-21(15,18)19/h3,5,9,12H,4,6-8,10-11H2,1-2H3. The Hall–Kier alpha value is -0.920. The van der Waals surface area contributed by atoms with Gasteiger partial charge in [0.25, 0.3) is 0 Å². The summed E-state index contributed by atoms with van der Waals surface area (Å²) in [5, 5.41) is 2.00. The minimum Gasteiger partial charge on any atom is -0.335 e. The van der Waals surface area contributed by atoms with Crippen LogP contribution in [0.3, 0.4) is 0 Å². The minimum absolute atomic E-state index is 0.0144. The molecule has 1 saturated heterocycles. The first-order valence-electron chi connectivity index (χ1n) is 7.20. The first kappa shape index (κ1) is 16.5. The van der Waals surface area contributed by atoms with E-state index < -0.39 is 10.0 Å². The molecule has 0 atom stereocenters. The molecular weight excluding hydrogens is 308 g/mol. The summed E-state index contributed by atoms with van der Waals surface area (Å²) in [7, 11) is -3.11. The van der Waals surface area contributed by atoms with Crippen LogP contribution in [0, 0.1) is 0 Å². The van der Waals surface area contributed by atoms with Gasteiger partial charge in [0, 0.05) is 30.4 Å². The Bertz CT molecular complexity index is 567. The predicted molar refractivity (Wildman–Crippen MR) is 84.6 cm³/mol. The van der Waals surface area contributed by atoms with Crippen molar-refractivity contribution in [3.05, 3.63) is 22.4 Å². The molecule has 5 nitrogen and oxygen atoms in total. The third-order valence-corrected chi connectivity index (χ3v) is 6.45. The van der Waals surface area contributed by atoms with E-state index in [0.717, 1.165) is 4.88 Å². The van der Waals surface area contributed by atoms with E-state index in [9.17, 15) is 13.2 Å². The molecule has 1 fully saturated rings. The normalized spacial score (nSPS) is 18.2. The molecule has 0 unspecified atom stereocenters. The molecule has 7 heteroatoms. The summed E-state index contributed by atoms with van der Waals surface area (Å²) in [6.07, 6.45) is 0.919. The summed E-state index contributed by atoms with van der Waals surface area (Å²) in [5.74, 6) is 0.227. The number of sulfonamides is 1. The molecule has 0 aliphatic carbocycles. The lowest BCUT2D eigenvalue weighted by molar-refractivity contribution is -0.133. The van der Waals surface area contributed by atoms with Crippen LogP contribution in [0.5, 0.6) is 0 Å². The molecule has 21 heavy (non-hydrogen) atoms. The van der Waals surface area contributed by atoms with E-state index in [1.165, 1.54) is 4.31 Å². The SMILES string of the molecule is CC(C)N(Cc1cccs1)C(=O)CCN1CCCS1(=O)=O. The van der Waals surface area contributed by atoms with Crippen molar-refractivity contribution in [2.45, 2.75) is 39.3 Å². The van der Waals surface area contributed by atoms with Gasteiger partial charge in [0.15, 0.2) is 0 Å². The van der Waals surface area contributed by atoms with Crippen LogP contribution in [0.15, 0.2) is 17.5 Å². The van der Waals surface area contributed by atoms with Crippen LogP contribution < -0.4 is 0 Å². The lowest BCUT2D eigenvalue weighted by Gasteiger charge is -2.27. The topological polar surface area (TPSA) is 57.7 Å². The Balaban J connectivity index is 1.93. The van der Waals surface area contributed by atoms with Gasteiger partial charge < -0.3 is 4.90 Å². The van der Waals surface area contributed by atoms with E-state index in [2.05, 4.69) is 0 Å². The van der Waals surface area contributed by atoms with E-state index in [1.54, 1.807) is 11.3 Å². The third kappa shape index (κ3) is 4.28. The highest BCUT2D eigenvalue weighted by atomic mass is 32.2. The van der Waals surface area contributed by atoms with E-state index in [4.69, 9.17) is 0 Å². The van der Waals surface area contributed by atoms with Crippen molar-refractivity contribution in [1.82, 2.24) is 9.21 Å². The Kier molecular flexibility index (Phi) is 5.40. The number of hydrogen-bond donors (Lipinski definition) is 0. The summed E-state index contributed by atoms with van der Waals surface area (Å²) in [6.45, 7) is 5.41.